The molecule has 28 heavy (non-hydrogen) atoms. The number of hydrogen-bond acceptors (Lipinski definition) is 6. The number of rotatable bonds is 8. The van der Waals surface area contributed by atoms with Gasteiger partial charge in [0, 0.05) is 18.7 Å². The molecule has 0 aliphatic heterocycles. The van der Waals surface area contributed by atoms with Gasteiger partial charge in [-0.25, -0.2) is 13.1 Å². The molecule has 2 rings (SSSR count). The van der Waals surface area contributed by atoms with Crippen molar-refractivity contribution in [2.24, 2.45) is 5.92 Å². The van der Waals surface area contributed by atoms with E-state index in [0.29, 0.717) is 18.7 Å². The maximum absolute atomic E-state index is 12.4. The molecular weight excluding hydrogens is 382 g/mol. The van der Waals surface area contributed by atoms with E-state index in [1.54, 1.807) is 26.0 Å². The number of benzene rings is 1. The number of amides is 2. The van der Waals surface area contributed by atoms with E-state index in [-0.39, 0.29) is 28.9 Å². The van der Waals surface area contributed by atoms with E-state index < -0.39 is 15.9 Å². The molecule has 1 aromatic carbocycles. The Kier molecular flexibility index (Phi) is 7.24. The number of nitrogens with zero attached hydrogens (tertiary/aromatic N) is 1. The first-order chi connectivity index (χ1) is 13.2. The van der Waals surface area contributed by atoms with Crippen molar-refractivity contribution in [1.82, 2.24) is 15.0 Å². The molecule has 0 saturated carbocycles. The molecule has 0 fully saturated rings. The van der Waals surface area contributed by atoms with Crippen molar-refractivity contribution in [2.45, 2.75) is 31.8 Å². The summed E-state index contributed by atoms with van der Waals surface area (Å²) in [6.07, 6.45) is 1.76. The van der Waals surface area contributed by atoms with Gasteiger partial charge in [0.25, 0.3) is 15.9 Å². The molecule has 0 aliphatic rings. The van der Waals surface area contributed by atoms with Crippen molar-refractivity contribution in [3.63, 3.8) is 0 Å². The topological polar surface area (TPSA) is 125 Å². The lowest BCUT2D eigenvalue weighted by Crippen LogP contribution is -2.30. The minimum absolute atomic E-state index is 0.0385. The Balaban J connectivity index is 1.99. The lowest BCUT2D eigenvalue weighted by molar-refractivity contribution is -0.123. The third-order valence-electron chi connectivity index (χ3n) is 3.95. The highest BCUT2D eigenvalue weighted by atomic mass is 32.2. The van der Waals surface area contributed by atoms with Crippen LogP contribution in [0.2, 0.25) is 0 Å². The molecular formula is C19H23N3O5S. The summed E-state index contributed by atoms with van der Waals surface area (Å²) in [5, 5.41) is 11.7. The number of nitrogens with one attached hydrogen (secondary N) is 2. The number of aromatic nitrogens is 1. The predicted octanol–water partition coefficient (Wildman–Crippen LogP) is 1.01. The van der Waals surface area contributed by atoms with Crippen LogP contribution in [0.4, 0.5) is 0 Å². The summed E-state index contributed by atoms with van der Waals surface area (Å²) in [6, 6.07) is 8.91. The van der Waals surface area contributed by atoms with Gasteiger partial charge in [0.15, 0.2) is 0 Å². The fourth-order valence-corrected chi connectivity index (χ4v) is 3.24. The van der Waals surface area contributed by atoms with Crippen molar-refractivity contribution < 1.29 is 23.1 Å². The number of aliphatic hydroxyl groups is 1. The molecule has 1 aromatic heterocycles. The summed E-state index contributed by atoms with van der Waals surface area (Å²) in [4.78, 5) is 27.5. The average Bonchev–Trinajstić information content (AvgIpc) is 2.68. The largest absolute Gasteiger partial charge is 0.390 e. The van der Waals surface area contributed by atoms with Crippen LogP contribution in [0.15, 0.2) is 47.5 Å². The number of sulfonamides is 1. The zero-order valence-corrected chi connectivity index (χ0v) is 16.5. The fraction of sp³-hybridized carbons (Fsp3) is 0.316. The van der Waals surface area contributed by atoms with Gasteiger partial charge < -0.3 is 10.4 Å². The Hall–Kier alpha value is -2.78. The predicted molar refractivity (Wildman–Crippen MR) is 103 cm³/mol. The first-order valence-corrected chi connectivity index (χ1v) is 10.2. The lowest BCUT2D eigenvalue weighted by Gasteiger charge is -2.09. The first-order valence-electron chi connectivity index (χ1n) is 8.72. The van der Waals surface area contributed by atoms with Gasteiger partial charge in [0.2, 0.25) is 5.91 Å². The van der Waals surface area contributed by atoms with Gasteiger partial charge in [-0.05, 0) is 36.2 Å². The number of aliphatic hydroxyl groups excluding tert-OH is 1. The molecule has 0 unspecified atom stereocenters. The summed E-state index contributed by atoms with van der Waals surface area (Å²) < 4.78 is 26.7. The maximum atomic E-state index is 12.4. The molecule has 150 valence electrons. The number of carbonyl (C=O) groups is 2. The van der Waals surface area contributed by atoms with E-state index in [9.17, 15) is 18.0 Å². The number of hydrogen-bond donors (Lipinski definition) is 3. The Morgan fingerprint density at radius 2 is 1.79 bits per heavy atom. The Morgan fingerprint density at radius 1 is 1.11 bits per heavy atom. The molecule has 0 bridgehead atoms. The van der Waals surface area contributed by atoms with Crippen molar-refractivity contribution in [3.8, 4) is 0 Å². The second-order valence-corrected chi connectivity index (χ2v) is 8.15. The normalized spacial score (nSPS) is 11.3. The van der Waals surface area contributed by atoms with Gasteiger partial charge in [-0.2, -0.15) is 0 Å². The van der Waals surface area contributed by atoms with Crippen LogP contribution in [0.5, 0.6) is 0 Å². The van der Waals surface area contributed by atoms with Crippen molar-refractivity contribution in [3.05, 3.63) is 59.4 Å². The molecule has 0 saturated heterocycles. The molecule has 1 heterocycles. The quantitative estimate of drug-likeness (QED) is 0.602. The van der Waals surface area contributed by atoms with E-state index in [0.717, 1.165) is 5.56 Å². The monoisotopic (exact) mass is 405 g/mol. The Bertz CT molecular complexity index is 923. The molecule has 2 amide bonds. The van der Waals surface area contributed by atoms with E-state index in [2.05, 4.69) is 10.3 Å². The Labute approximate surface area is 164 Å². The average molecular weight is 405 g/mol. The maximum Gasteiger partial charge on any atom is 0.266 e. The summed E-state index contributed by atoms with van der Waals surface area (Å²) in [7, 11) is -4.03. The van der Waals surface area contributed by atoms with Gasteiger partial charge in [0.1, 0.15) is 0 Å². The molecule has 3 N–H and O–H groups in total. The standard InChI is InChI=1S/C19H23N3O5S/c1-13(2)18(24)20-10-9-14-3-7-17(8-4-14)28(26,27)22-19(25)15-5-6-16(12-23)21-11-15/h3-8,11,13,23H,9-10,12H2,1-2H3,(H,20,24)(H,22,25). The van der Waals surface area contributed by atoms with E-state index in [1.165, 1.54) is 30.5 Å². The van der Waals surface area contributed by atoms with Gasteiger partial charge in [-0.1, -0.05) is 26.0 Å². The van der Waals surface area contributed by atoms with Gasteiger partial charge in [0.05, 0.1) is 22.8 Å². The third kappa shape index (κ3) is 5.86. The van der Waals surface area contributed by atoms with Crippen molar-refractivity contribution in [1.29, 1.82) is 0 Å². The van der Waals surface area contributed by atoms with Crippen LogP contribution < -0.4 is 10.0 Å². The first kappa shape index (κ1) is 21.5. The molecule has 0 spiro atoms. The number of carbonyl (C=O) groups excluding carboxylic acids is 2. The summed E-state index contributed by atoms with van der Waals surface area (Å²) in [5.74, 6) is -0.938. The van der Waals surface area contributed by atoms with Crippen molar-refractivity contribution in [2.75, 3.05) is 6.54 Å². The van der Waals surface area contributed by atoms with E-state index >= 15 is 0 Å². The highest BCUT2D eigenvalue weighted by molar-refractivity contribution is 7.90. The van der Waals surface area contributed by atoms with Crippen LogP contribution in [0.25, 0.3) is 0 Å². The highest BCUT2D eigenvalue weighted by Gasteiger charge is 2.19. The zero-order chi connectivity index (χ0) is 20.7. The van der Waals surface area contributed by atoms with Gasteiger partial charge in [-0.3, -0.25) is 14.6 Å². The lowest BCUT2D eigenvalue weighted by atomic mass is 10.1. The van der Waals surface area contributed by atoms with Crippen LogP contribution in [-0.4, -0.2) is 36.9 Å². The van der Waals surface area contributed by atoms with E-state index in [4.69, 9.17) is 5.11 Å². The third-order valence-corrected chi connectivity index (χ3v) is 5.29. The SMILES string of the molecule is CC(C)C(=O)NCCc1ccc(S(=O)(=O)NC(=O)c2ccc(CO)nc2)cc1. The van der Waals surface area contributed by atoms with E-state index in [1.807, 2.05) is 4.72 Å². The second-order valence-electron chi connectivity index (χ2n) is 6.47. The summed E-state index contributed by atoms with van der Waals surface area (Å²) >= 11 is 0. The molecule has 9 heteroatoms. The van der Waals surface area contributed by atoms with Gasteiger partial charge in [-0.15, -0.1) is 0 Å². The summed E-state index contributed by atoms with van der Waals surface area (Å²) in [5.41, 5.74) is 1.30. The van der Waals surface area contributed by atoms with Gasteiger partial charge >= 0.3 is 0 Å². The van der Waals surface area contributed by atoms with Crippen LogP contribution in [-0.2, 0) is 27.8 Å². The smallest absolute Gasteiger partial charge is 0.266 e. The van der Waals surface area contributed by atoms with Crippen LogP contribution in [0.1, 0.15) is 35.5 Å². The Morgan fingerprint density at radius 3 is 2.32 bits per heavy atom. The highest BCUT2D eigenvalue weighted by Crippen LogP contribution is 2.12. The van der Waals surface area contributed by atoms with Crippen molar-refractivity contribution >= 4 is 21.8 Å². The van der Waals surface area contributed by atoms with Crippen LogP contribution >= 0.6 is 0 Å². The number of pyridine rings is 1. The van der Waals surface area contributed by atoms with Crippen LogP contribution in [0.3, 0.4) is 0 Å². The second kappa shape index (κ2) is 9.43. The molecule has 0 radical (unpaired) electrons. The fourth-order valence-electron chi connectivity index (χ4n) is 2.26. The summed E-state index contributed by atoms with van der Waals surface area (Å²) in [6.45, 7) is 3.80. The molecule has 2 aromatic rings. The minimum Gasteiger partial charge on any atom is -0.390 e. The van der Waals surface area contributed by atoms with Crippen LogP contribution in [0, 0.1) is 5.92 Å². The minimum atomic E-state index is -4.03. The zero-order valence-electron chi connectivity index (χ0n) is 15.7. The molecule has 8 nitrogen and oxygen atoms in total. The molecule has 0 aliphatic carbocycles. The molecule has 0 atom stereocenters.